The van der Waals surface area contributed by atoms with Gasteiger partial charge in [0.2, 0.25) is 10.0 Å². The number of nitrogens with zero attached hydrogens (tertiary/aromatic N) is 1. The van der Waals surface area contributed by atoms with Crippen LogP contribution in [0.4, 0.5) is 0 Å². The van der Waals surface area contributed by atoms with Crippen molar-refractivity contribution >= 4 is 10.0 Å². The zero-order valence-corrected chi connectivity index (χ0v) is 11.1. The molecule has 0 bridgehead atoms. The molecule has 0 aromatic heterocycles. The van der Waals surface area contributed by atoms with E-state index in [0.29, 0.717) is 19.5 Å². The zero-order chi connectivity index (χ0) is 12.6. The predicted octanol–water partition coefficient (Wildman–Crippen LogP) is -0.776. The summed E-state index contributed by atoms with van der Waals surface area (Å²) in [5.74, 6) is 5.74. The summed E-state index contributed by atoms with van der Waals surface area (Å²) in [5.41, 5.74) is 0. The molecule has 0 spiro atoms. The smallest absolute Gasteiger partial charge is 0.212 e. The first-order valence-corrected chi connectivity index (χ1v) is 7.59. The van der Waals surface area contributed by atoms with Crippen LogP contribution in [0.15, 0.2) is 0 Å². The predicted molar refractivity (Wildman–Crippen MR) is 69.2 cm³/mol. The molecule has 2 N–H and O–H groups in total. The molecule has 0 aromatic rings. The highest BCUT2D eigenvalue weighted by atomic mass is 32.2. The highest BCUT2D eigenvalue weighted by Crippen LogP contribution is 1.94. The molecule has 1 aliphatic heterocycles. The Labute approximate surface area is 104 Å². The average molecular weight is 259 g/mol. The van der Waals surface area contributed by atoms with Crippen molar-refractivity contribution in [3.63, 3.8) is 0 Å². The van der Waals surface area contributed by atoms with Gasteiger partial charge in [-0.25, -0.2) is 13.1 Å². The van der Waals surface area contributed by atoms with E-state index in [1.165, 1.54) is 0 Å². The monoisotopic (exact) mass is 259 g/mol. The van der Waals surface area contributed by atoms with E-state index in [9.17, 15) is 8.42 Å². The van der Waals surface area contributed by atoms with Gasteiger partial charge in [0.1, 0.15) is 0 Å². The third-order valence-corrected chi connectivity index (χ3v) is 4.00. The lowest BCUT2D eigenvalue weighted by molar-refractivity contribution is 0.253. The number of nitrogens with one attached hydrogen (secondary N) is 2. The van der Waals surface area contributed by atoms with Crippen LogP contribution in [0.25, 0.3) is 0 Å². The molecule has 0 aliphatic carbocycles. The molecule has 1 saturated heterocycles. The quantitative estimate of drug-likeness (QED) is 0.485. The van der Waals surface area contributed by atoms with E-state index >= 15 is 0 Å². The van der Waals surface area contributed by atoms with E-state index in [1.807, 2.05) is 0 Å². The Morgan fingerprint density at radius 1 is 1.35 bits per heavy atom. The highest BCUT2D eigenvalue weighted by molar-refractivity contribution is 7.89. The van der Waals surface area contributed by atoms with Gasteiger partial charge < -0.3 is 5.32 Å². The summed E-state index contributed by atoms with van der Waals surface area (Å²) in [5, 5.41) is 3.24. The molecule has 0 amide bonds. The van der Waals surface area contributed by atoms with Crippen molar-refractivity contribution in [1.82, 2.24) is 14.9 Å². The lowest BCUT2D eigenvalue weighted by Crippen LogP contribution is -2.45. The standard InChI is InChI=1S/C11H21N3O2S/c1-2-3-4-5-13-17(15,16)11-10-14-8-6-12-7-9-14/h12-13H,4-11H2,1H3. The van der Waals surface area contributed by atoms with Gasteiger partial charge in [0.05, 0.1) is 5.75 Å². The third-order valence-electron chi connectivity index (χ3n) is 2.63. The minimum Gasteiger partial charge on any atom is -0.314 e. The SMILES string of the molecule is CC#CCCNS(=O)(=O)CCN1CCNCC1. The van der Waals surface area contributed by atoms with Crippen LogP contribution in [0.3, 0.4) is 0 Å². The second-order valence-electron chi connectivity index (χ2n) is 3.98. The van der Waals surface area contributed by atoms with Crippen molar-refractivity contribution in [3.8, 4) is 11.8 Å². The summed E-state index contributed by atoms with van der Waals surface area (Å²) in [6.07, 6.45) is 0.573. The Morgan fingerprint density at radius 3 is 2.71 bits per heavy atom. The van der Waals surface area contributed by atoms with Crippen molar-refractivity contribution in [2.75, 3.05) is 45.0 Å². The lowest BCUT2D eigenvalue weighted by Gasteiger charge is -2.26. The molecule has 0 aromatic carbocycles. The summed E-state index contributed by atoms with van der Waals surface area (Å²) in [6, 6.07) is 0. The molecule has 98 valence electrons. The van der Waals surface area contributed by atoms with Crippen molar-refractivity contribution in [2.24, 2.45) is 0 Å². The summed E-state index contributed by atoms with van der Waals surface area (Å²) >= 11 is 0. The fourth-order valence-corrected chi connectivity index (χ4v) is 2.71. The summed E-state index contributed by atoms with van der Waals surface area (Å²) < 4.78 is 25.8. The molecule has 1 fully saturated rings. The molecular weight excluding hydrogens is 238 g/mol. The minimum absolute atomic E-state index is 0.173. The number of sulfonamides is 1. The van der Waals surface area contributed by atoms with E-state index in [1.54, 1.807) is 6.92 Å². The van der Waals surface area contributed by atoms with Gasteiger partial charge in [-0.2, -0.15) is 0 Å². The van der Waals surface area contributed by atoms with Gasteiger partial charge in [-0.3, -0.25) is 4.90 Å². The van der Waals surface area contributed by atoms with Gasteiger partial charge in [0.15, 0.2) is 0 Å². The molecule has 0 atom stereocenters. The number of piperazine rings is 1. The van der Waals surface area contributed by atoms with Crippen LogP contribution in [0.1, 0.15) is 13.3 Å². The summed E-state index contributed by atoms with van der Waals surface area (Å²) in [6.45, 7) is 6.51. The van der Waals surface area contributed by atoms with Gasteiger partial charge in [-0.05, 0) is 6.92 Å². The maximum absolute atomic E-state index is 11.6. The molecule has 17 heavy (non-hydrogen) atoms. The van der Waals surface area contributed by atoms with Crippen LogP contribution in [0, 0.1) is 11.8 Å². The maximum Gasteiger partial charge on any atom is 0.212 e. The Morgan fingerprint density at radius 2 is 2.06 bits per heavy atom. The van der Waals surface area contributed by atoms with Gasteiger partial charge in [-0.15, -0.1) is 11.8 Å². The molecule has 6 heteroatoms. The van der Waals surface area contributed by atoms with Crippen molar-refractivity contribution in [1.29, 1.82) is 0 Å². The van der Waals surface area contributed by atoms with Crippen LogP contribution in [-0.2, 0) is 10.0 Å². The Kier molecular flexibility index (Phi) is 6.52. The molecule has 1 heterocycles. The highest BCUT2D eigenvalue weighted by Gasteiger charge is 2.14. The number of hydrogen-bond acceptors (Lipinski definition) is 4. The van der Waals surface area contributed by atoms with E-state index in [4.69, 9.17) is 0 Å². The third kappa shape index (κ3) is 6.64. The van der Waals surface area contributed by atoms with Gasteiger partial charge in [0.25, 0.3) is 0 Å². The Bertz CT molecular complexity index is 364. The van der Waals surface area contributed by atoms with Crippen molar-refractivity contribution in [2.45, 2.75) is 13.3 Å². The van der Waals surface area contributed by atoms with E-state index in [-0.39, 0.29) is 5.75 Å². The lowest BCUT2D eigenvalue weighted by atomic mass is 10.4. The first-order valence-electron chi connectivity index (χ1n) is 5.94. The molecule has 0 radical (unpaired) electrons. The van der Waals surface area contributed by atoms with Crippen LogP contribution < -0.4 is 10.0 Å². The van der Waals surface area contributed by atoms with Gasteiger partial charge >= 0.3 is 0 Å². The van der Waals surface area contributed by atoms with Crippen molar-refractivity contribution in [3.05, 3.63) is 0 Å². The Balaban J connectivity index is 2.20. The summed E-state index contributed by atoms with van der Waals surface area (Å²) in [4.78, 5) is 2.17. The van der Waals surface area contributed by atoms with E-state index < -0.39 is 10.0 Å². The second kappa shape index (κ2) is 7.67. The molecule has 1 rings (SSSR count). The Hall–Kier alpha value is -0.610. The first kappa shape index (κ1) is 14.5. The van der Waals surface area contributed by atoms with Crippen LogP contribution in [-0.4, -0.2) is 58.3 Å². The average Bonchev–Trinajstić information content (AvgIpc) is 2.34. The minimum atomic E-state index is -3.14. The molecular formula is C11H21N3O2S. The fourth-order valence-electron chi connectivity index (χ4n) is 1.65. The fraction of sp³-hybridized carbons (Fsp3) is 0.818. The first-order chi connectivity index (χ1) is 8.14. The number of rotatable bonds is 6. The van der Waals surface area contributed by atoms with Crippen LogP contribution >= 0.6 is 0 Å². The topological polar surface area (TPSA) is 61.4 Å². The second-order valence-corrected chi connectivity index (χ2v) is 5.91. The van der Waals surface area contributed by atoms with E-state index in [2.05, 4.69) is 26.8 Å². The van der Waals surface area contributed by atoms with Crippen LogP contribution in [0.5, 0.6) is 0 Å². The van der Waals surface area contributed by atoms with Crippen molar-refractivity contribution < 1.29 is 8.42 Å². The molecule has 0 saturated carbocycles. The van der Waals surface area contributed by atoms with E-state index in [0.717, 1.165) is 26.2 Å². The van der Waals surface area contributed by atoms with Gasteiger partial charge in [0, 0.05) is 45.7 Å². The largest absolute Gasteiger partial charge is 0.314 e. The number of hydrogen-bond donors (Lipinski definition) is 2. The molecule has 0 unspecified atom stereocenters. The zero-order valence-electron chi connectivity index (χ0n) is 10.3. The van der Waals surface area contributed by atoms with Crippen LogP contribution in [0.2, 0.25) is 0 Å². The van der Waals surface area contributed by atoms with Gasteiger partial charge in [-0.1, -0.05) is 0 Å². The molecule has 1 aliphatic rings. The normalized spacial score (nSPS) is 17.5. The summed E-state index contributed by atoms with van der Waals surface area (Å²) in [7, 11) is -3.14. The molecule has 5 nitrogen and oxygen atoms in total. The maximum atomic E-state index is 11.6.